The lowest BCUT2D eigenvalue weighted by Gasteiger charge is -2.13. The molecule has 0 unspecified atom stereocenters. The summed E-state index contributed by atoms with van der Waals surface area (Å²) in [5, 5.41) is 11.4. The monoisotopic (exact) mass is 581 g/mol. The zero-order valence-corrected chi connectivity index (χ0v) is 22.3. The van der Waals surface area contributed by atoms with E-state index >= 15 is 0 Å². The minimum atomic E-state index is -4.60. The number of carbonyl (C=O) groups is 3. The second-order valence-electron chi connectivity index (χ2n) is 8.30. The SMILES string of the molecule is O=C(CSc1cccc(NC(=O)/C(=C/c2ccsc2)NC(=O)c2ccccc2)c1)Nc1ccccc1C(F)(F)F. The standard InChI is InChI=1S/C29H22F3N3O3S2/c30-29(31,32)23-11-4-5-12-24(23)34-26(36)18-40-22-10-6-9-21(16-22)33-28(38)25(15-19-13-14-39-17-19)35-27(37)20-7-2-1-3-8-20/h1-17H,18H2,(H,33,38)(H,34,36)(H,35,37)/b25-15-. The number of halogens is 3. The number of hydrogen-bond acceptors (Lipinski definition) is 5. The average Bonchev–Trinajstić information content (AvgIpc) is 3.45. The molecule has 3 N–H and O–H groups in total. The summed E-state index contributed by atoms with van der Waals surface area (Å²) in [5.74, 6) is -1.76. The summed E-state index contributed by atoms with van der Waals surface area (Å²) in [4.78, 5) is 38.8. The number of alkyl halides is 3. The average molecular weight is 582 g/mol. The molecule has 0 aliphatic carbocycles. The van der Waals surface area contributed by atoms with Crippen molar-refractivity contribution in [3.8, 4) is 0 Å². The highest BCUT2D eigenvalue weighted by Gasteiger charge is 2.33. The molecule has 1 heterocycles. The van der Waals surface area contributed by atoms with Crippen LogP contribution in [0.15, 0.2) is 106 Å². The number of para-hydroxylation sites is 1. The number of thiophene rings is 1. The second-order valence-corrected chi connectivity index (χ2v) is 10.1. The van der Waals surface area contributed by atoms with E-state index in [0.717, 1.165) is 23.4 Å². The number of carbonyl (C=O) groups excluding carboxylic acids is 3. The van der Waals surface area contributed by atoms with Gasteiger partial charge in [-0.05, 0) is 70.9 Å². The van der Waals surface area contributed by atoms with Gasteiger partial charge in [-0.15, -0.1) is 11.8 Å². The lowest BCUT2D eigenvalue weighted by molar-refractivity contribution is -0.137. The van der Waals surface area contributed by atoms with Gasteiger partial charge in [0.15, 0.2) is 0 Å². The van der Waals surface area contributed by atoms with Crippen LogP contribution in [0.4, 0.5) is 24.5 Å². The van der Waals surface area contributed by atoms with Gasteiger partial charge in [0.1, 0.15) is 5.70 Å². The molecule has 204 valence electrons. The van der Waals surface area contributed by atoms with Gasteiger partial charge in [-0.1, -0.05) is 36.4 Å². The maximum absolute atomic E-state index is 13.2. The van der Waals surface area contributed by atoms with E-state index in [1.54, 1.807) is 60.7 Å². The highest BCUT2D eigenvalue weighted by molar-refractivity contribution is 8.00. The molecule has 40 heavy (non-hydrogen) atoms. The van der Waals surface area contributed by atoms with Crippen molar-refractivity contribution in [2.24, 2.45) is 0 Å². The van der Waals surface area contributed by atoms with E-state index in [2.05, 4.69) is 16.0 Å². The van der Waals surface area contributed by atoms with E-state index in [9.17, 15) is 27.6 Å². The van der Waals surface area contributed by atoms with Crippen molar-refractivity contribution >= 4 is 58.3 Å². The van der Waals surface area contributed by atoms with Crippen LogP contribution in [0, 0.1) is 0 Å². The van der Waals surface area contributed by atoms with Crippen LogP contribution >= 0.6 is 23.1 Å². The Hall–Kier alpha value is -4.35. The zero-order chi connectivity index (χ0) is 28.5. The molecule has 0 aliphatic heterocycles. The first-order valence-corrected chi connectivity index (χ1v) is 13.7. The van der Waals surface area contributed by atoms with Crippen molar-refractivity contribution in [1.29, 1.82) is 0 Å². The van der Waals surface area contributed by atoms with Crippen LogP contribution in [0.3, 0.4) is 0 Å². The van der Waals surface area contributed by atoms with Crippen molar-refractivity contribution in [3.63, 3.8) is 0 Å². The van der Waals surface area contributed by atoms with E-state index in [1.807, 2.05) is 16.8 Å². The van der Waals surface area contributed by atoms with E-state index < -0.39 is 29.5 Å². The quantitative estimate of drug-likeness (QED) is 0.148. The van der Waals surface area contributed by atoms with Gasteiger partial charge in [0, 0.05) is 16.1 Å². The number of nitrogens with one attached hydrogen (secondary N) is 3. The van der Waals surface area contributed by atoms with Gasteiger partial charge in [0.2, 0.25) is 5.91 Å². The molecule has 6 nitrogen and oxygen atoms in total. The number of anilines is 2. The minimum Gasteiger partial charge on any atom is -0.325 e. The summed E-state index contributed by atoms with van der Waals surface area (Å²) in [6.45, 7) is 0. The van der Waals surface area contributed by atoms with Crippen molar-refractivity contribution in [2.45, 2.75) is 11.1 Å². The van der Waals surface area contributed by atoms with Crippen LogP contribution in [0.1, 0.15) is 21.5 Å². The first kappa shape index (κ1) is 28.7. The van der Waals surface area contributed by atoms with Gasteiger partial charge in [0.25, 0.3) is 11.8 Å². The molecule has 0 saturated carbocycles. The first-order chi connectivity index (χ1) is 19.2. The van der Waals surface area contributed by atoms with Crippen LogP contribution < -0.4 is 16.0 Å². The van der Waals surface area contributed by atoms with Crippen molar-refractivity contribution in [2.75, 3.05) is 16.4 Å². The van der Waals surface area contributed by atoms with Crippen LogP contribution in [-0.2, 0) is 15.8 Å². The Morgan fingerprint density at radius 2 is 1.62 bits per heavy atom. The fourth-order valence-corrected chi connectivity index (χ4v) is 4.88. The molecule has 4 aromatic rings. The maximum atomic E-state index is 13.2. The van der Waals surface area contributed by atoms with E-state index in [-0.39, 0.29) is 17.1 Å². The lowest BCUT2D eigenvalue weighted by atomic mass is 10.1. The summed E-state index contributed by atoms with van der Waals surface area (Å²) in [6.07, 6.45) is -3.03. The summed E-state index contributed by atoms with van der Waals surface area (Å²) in [7, 11) is 0. The predicted molar refractivity (Wildman–Crippen MR) is 152 cm³/mol. The van der Waals surface area contributed by atoms with Gasteiger partial charge >= 0.3 is 6.18 Å². The number of thioether (sulfide) groups is 1. The number of hydrogen-bond donors (Lipinski definition) is 3. The van der Waals surface area contributed by atoms with Crippen molar-refractivity contribution in [3.05, 3.63) is 118 Å². The number of amides is 3. The van der Waals surface area contributed by atoms with Gasteiger partial charge in [-0.25, -0.2) is 0 Å². The highest BCUT2D eigenvalue weighted by atomic mass is 32.2. The largest absolute Gasteiger partial charge is 0.418 e. The Morgan fingerprint density at radius 1 is 0.875 bits per heavy atom. The molecule has 0 atom stereocenters. The molecule has 4 rings (SSSR count). The van der Waals surface area contributed by atoms with Crippen molar-refractivity contribution < 1.29 is 27.6 Å². The fourth-order valence-electron chi connectivity index (χ4n) is 3.50. The normalized spacial score (nSPS) is 11.5. The summed E-state index contributed by atoms with van der Waals surface area (Å²) in [5.41, 5.74) is 0.329. The Balaban J connectivity index is 1.41. The minimum absolute atomic E-state index is 0.0352. The Labute approximate surface area is 236 Å². The molecule has 3 amide bonds. The topological polar surface area (TPSA) is 87.3 Å². The van der Waals surface area contributed by atoms with E-state index in [1.165, 1.54) is 29.5 Å². The molecule has 0 fully saturated rings. The number of rotatable bonds is 9. The third-order valence-electron chi connectivity index (χ3n) is 5.35. The maximum Gasteiger partial charge on any atom is 0.418 e. The lowest BCUT2D eigenvalue weighted by Crippen LogP contribution is -2.30. The Bertz CT molecular complexity index is 1520. The highest BCUT2D eigenvalue weighted by Crippen LogP contribution is 2.34. The van der Waals surface area contributed by atoms with Crippen molar-refractivity contribution in [1.82, 2.24) is 5.32 Å². The van der Waals surface area contributed by atoms with Gasteiger partial charge < -0.3 is 16.0 Å². The molecular weight excluding hydrogens is 559 g/mol. The molecule has 1 aromatic heterocycles. The van der Waals surface area contributed by atoms with E-state index in [0.29, 0.717) is 16.1 Å². The third-order valence-corrected chi connectivity index (χ3v) is 7.05. The molecule has 11 heteroatoms. The smallest absolute Gasteiger partial charge is 0.325 e. The van der Waals surface area contributed by atoms with Crippen LogP contribution in [0.2, 0.25) is 0 Å². The second kappa shape index (κ2) is 13.1. The van der Waals surface area contributed by atoms with Crippen LogP contribution in [-0.4, -0.2) is 23.5 Å². The summed E-state index contributed by atoms with van der Waals surface area (Å²) in [6, 6.07) is 21.7. The van der Waals surface area contributed by atoms with E-state index in [4.69, 9.17) is 0 Å². The molecule has 0 aliphatic rings. The molecule has 0 spiro atoms. The molecule has 0 bridgehead atoms. The Morgan fingerprint density at radius 3 is 2.35 bits per heavy atom. The third kappa shape index (κ3) is 8.08. The van der Waals surface area contributed by atoms with Gasteiger partial charge in [-0.2, -0.15) is 24.5 Å². The molecule has 3 aromatic carbocycles. The molecule has 0 radical (unpaired) electrons. The fraction of sp³-hybridized carbons (Fsp3) is 0.0690. The summed E-state index contributed by atoms with van der Waals surface area (Å²) < 4.78 is 39.6. The molecular formula is C29H22F3N3O3S2. The predicted octanol–water partition coefficient (Wildman–Crippen LogP) is 6.91. The van der Waals surface area contributed by atoms with Gasteiger partial charge in [0.05, 0.1) is 17.0 Å². The first-order valence-electron chi connectivity index (χ1n) is 11.8. The van der Waals surface area contributed by atoms with Crippen LogP contribution in [0.5, 0.6) is 0 Å². The Kier molecular flexibility index (Phi) is 9.41. The number of benzene rings is 3. The molecule has 0 saturated heterocycles. The summed E-state index contributed by atoms with van der Waals surface area (Å²) >= 11 is 2.54. The van der Waals surface area contributed by atoms with Crippen LogP contribution in [0.25, 0.3) is 6.08 Å². The zero-order valence-electron chi connectivity index (χ0n) is 20.7. The van der Waals surface area contributed by atoms with Gasteiger partial charge in [-0.3, -0.25) is 14.4 Å².